The van der Waals surface area contributed by atoms with Gasteiger partial charge in [-0.15, -0.1) is 0 Å². The summed E-state index contributed by atoms with van der Waals surface area (Å²) >= 11 is 0. The molecule has 2 rings (SSSR count). The van der Waals surface area contributed by atoms with E-state index >= 15 is 0 Å². The Morgan fingerprint density at radius 3 is 2.21 bits per heavy atom. The predicted octanol–water partition coefficient (Wildman–Crippen LogP) is 4.18. The molecule has 0 aliphatic heterocycles. The Bertz CT molecular complexity index is 841. The third-order valence-electron chi connectivity index (χ3n) is 3.84. The highest BCUT2D eigenvalue weighted by Gasteiger charge is 2.30. The monoisotopic (exact) mass is 417 g/mol. The third-order valence-corrected chi connectivity index (χ3v) is 3.84. The summed E-state index contributed by atoms with van der Waals surface area (Å²) in [6.07, 6.45) is -4.41. The minimum Gasteiger partial charge on any atom is -0.493 e. The van der Waals surface area contributed by atoms with Gasteiger partial charge in [0, 0.05) is 20.1 Å². The van der Waals surface area contributed by atoms with E-state index in [0.29, 0.717) is 17.1 Å². The summed E-state index contributed by atoms with van der Waals surface area (Å²) in [6.45, 7) is -2.66. The Labute approximate surface area is 164 Å². The lowest BCUT2D eigenvalue weighted by Gasteiger charge is -2.15. The number of nitrogens with zero attached hydrogens (tertiary/aromatic N) is 1. The molecule has 10 heteroatoms. The van der Waals surface area contributed by atoms with Crippen LogP contribution in [0.2, 0.25) is 0 Å². The predicted molar refractivity (Wildman–Crippen MR) is 98.1 cm³/mol. The molecule has 0 heterocycles. The number of rotatable bonds is 7. The van der Waals surface area contributed by atoms with Gasteiger partial charge in [0.25, 0.3) is 0 Å². The molecule has 2 aromatic rings. The van der Waals surface area contributed by atoms with E-state index in [1.54, 1.807) is 12.1 Å². The van der Waals surface area contributed by atoms with Crippen molar-refractivity contribution in [3.05, 3.63) is 59.2 Å². The van der Waals surface area contributed by atoms with Crippen molar-refractivity contribution >= 4 is 5.96 Å². The second kappa shape index (κ2) is 9.94. The van der Waals surface area contributed by atoms with Gasteiger partial charge in [0.1, 0.15) is 0 Å². The number of aliphatic imine (C=N–C) groups is 1. The maximum absolute atomic E-state index is 12.8. The molecule has 158 valence electrons. The van der Waals surface area contributed by atoms with Crippen LogP contribution in [0, 0.1) is 0 Å². The van der Waals surface area contributed by atoms with Gasteiger partial charge in [-0.25, -0.2) is 0 Å². The fourth-order valence-electron chi connectivity index (χ4n) is 2.47. The highest BCUT2D eigenvalue weighted by Crippen LogP contribution is 2.30. The van der Waals surface area contributed by atoms with Crippen molar-refractivity contribution in [1.82, 2.24) is 10.6 Å². The van der Waals surface area contributed by atoms with Crippen molar-refractivity contribution in [1.29, 1.82) is 0 Å². The highest BCUT2D eigenvalue weighted by molar-refractivity contribution is 5.79. The molecule has 0 bridgehead atoms. The van der Waals surface area contributed by atoms with Crippen LogP contribution in [-0.2, 0) is 19.3 Å². The van der Waals surface area contributed by atoms with Crippen LogP contribution in [0.15, 0.2) is 47.5 Å². The van der Waals surface area contributed by atoms with E-state index in [0.717, 1.165) is 12.1 Å². The van der Waals surface area contributed by atoms with Crippen LogP contribution in [0.1, 0.15) is 16.7 Å². The van der Waals surface area contributed by atoms with Gasteiger partial charge in [-0.3, -0.25) is 4.99 Å². The number of nitrogens with one attached hydrogen (secondary N) is 2. The molecular formula is C19H20F5N3O2. The van der Waals surface area contributed by atoms with E-state index < -0.39 is 18.4 Å². The van der Waals surface area contributed by atoms with Crippen LogP contribution in [0.3, 0.4) is 0 Å². The van der Waals surface area contributed by atoms with E-state index in [-0.39, 0.29) is 24.6 Å². The summed E-state index contributed by atoms with van der Waals surface area (Å²) in [6, 6.07) is 9.50. The Hall–Kier alpha value is -3.04. The third kappa shape index (κ3) is 6.81. The molecule has 0 amide bonds. The summed E-state index contributed by atoms with van der Waals surface area (Å²) < 4.78 is 72.8. The number of hydrogen-bond donors (Lipinski definition) is 2. The number of methoxy groups -OCH3 is 1. The molecule has 0 radical (unpaired) electrons. The molecule has 0 aromatic heterocycles. The molecule has 5 nitrogen and oxygen atoms in total. The lowest BCUT2D eigenvalue weighted by molar-refractivity contribution is -0.137. The Morgan fingerprint density at radius 1 is 1.00 bits per heavy atom. The Balaban J connectivity index is 1.98. The number of hydrogen-bond acceptors (Lipinski definition) is 3. The van der Waals surface area contributed by atoms with Gasteiger partial charge in [-0.05, 0) is 35.4 Å². The quantitative estimate of drug-likeness (QED) is 0.403. The van der Waals surface area contributed by atoms with E-state index in [1.165, 1.54) is 32.4 Å². The van der Waals surface area contributed by atoms with Gasteiger partial charge in [-0.2, -0.15) is 22.0 Å². The topological polar surface area (TPSA) is 54.9 Å². The van der Waals surface area contributed by atoms with E-state index in [2.05, 4.69) is 20.4 Å². The molecule has 2 aromatic carbocycles. The van der Waals surface area contributed by atoms with Crippen molar-refractivity contribution in [2.45, 2.75) is 25.9 Å². The summed E-state index contributed by atoms with van der Waals surface area (Å²) in [5, 5.41) is 5.85. The minimum atomic E-state index is -4.41. The number of benzene rings is 2. The van der Waals surface area contributed by atoms with Gasteiger partial charge >= 0.3 is 12.8 Å². The van der Waals surface area contributed by atoms with Crippen molar-refractivity contribution in [2.75, 3.05) is 14.2 Å². The van der Waals surface area contributed by atoms with Crippen LogP contribution in [0.4, 0.5) is 22.0 Å². The first-order chi connectivity index (χ1) is 13.7. The average Bonchev–Trinajstić information content (AvgIpc) is 2.67. The molecular weight excluding hydrogens is 397 g/mol. The zero-order valence-corrected chi connectivity index (χ0v) is 15.7. The summed E-state index contributed by atoms with van der Waals surface area (Å²) in [4.78, 5) is 3.99. The van der Waals surface area contributed by atoms with Gasteiger partial charge in [0.15, 0.2) is 17.5 Å². The fraction of sp³-hybridized carbons (Fsp3) is 0.316. The summed E-state index contributed by atoms with van der Waals surface area (Å²) in [7, 11) is 2.84. The lowest BCUT2D eigenvalue weighted by atomic mass is 10.1. The first-order valence-electron chi connectivity index (χ1n) is 8.45. The average molecular weight is 417 g/mol. The van der Waals surface area contributed by atoms with Gasteiger partial charge in [0.2, 0.25) is 0 Å². The fourth-order valence-corrected chi connectivity index (χ4v) is 2.47. The van der Waals surface area contributed by atoms with Crippen LogP contribution in [-0.4, -0.2) is 26.7 Å². The van der Waals surface area contributed by atoms with Crippen LogP contribution in [0.25, 0.3) is 0 Å². The molecule has 0 aliphatic carbocycles. The van der Waals surface area contributed by atoms with Crippen molar-refractivity contribution in [2.24, 2.45) is 4.99 Å². The first-order valence-corrected chi connectivity index (χ1v) is 8.45. The molecule has 2 N–H and O–H groups in total. The molecule has 0 spiro atoms. The number of ether oxygens (including phenoxy) is 2. The van der Waals surface area contributed by atoms with Gasteiger partial charge < -0.3 is 20.1 Å². The zero-order chi connectivity index (χ0) is 21.4. The van der Waals surface area contributed by atoms with E-state index in [4.69, 9.17) is 4.74 Å². The molecule has 0 atom stereocenters. The van der Waals surface area contributed by atoms with Crippen molar-refractivity contribution in [3.63, 3.8) is 0 Å². The SMILES string of the molecule is CN=C(NCc1cccc(C(F)(F)F)c1)NCc1ccc(OC)c(OC(F)F)c1. The maximum Gasteiger partial charge on any atom is 0.416 e. The Morgan fingerprint density at radius 2 is 1.66 bits per heavy atom. The standard InChI is InChI=1S/C19H20F5N3O2/c1-25-18(26-10-12-4-3-5-14(8-12)19(22,23)24)27-11-13-6-7-15(28-2)16(9-13)29-17(20)21/h3-9,17H,10-11H2,1-2H3,(H2,25,26,27). The van der Waals surface area contributed by atoms with Crippen molar-refractivity contribution in [3.8, 4) is 11.5 Å². The smallest absolute Gasteiger partial charge is 0.416 e. The molecule has 0 fully saturated rings. The lowest BCUT2D eigenvalue weighted by Crippen LogP contribution is -2.36. The summed E-state index contributed by atoms with van der Waals surface area (Å²) in [5.41, 5.74) is 0.313. The largest absolute Gasteiger partial charge is 0.493 e. The van der Waals surface area contributed by atoms with Crippen LogP contribution < -0.4 is 20.1 Å². The molecule has 0 aliphatic rings. The maximum atomic E-state index is 12.8. The van der Waals surface area contributed by atoms with Gasteiger partial charge in [0.05, 0.1) is 12.7 Å². The van der Waals surface area contributed by atoms with E-state index in [1.807, 2.05) is 0 Å². The van der Waals surface area contributed by atoms with E-state index in [9.17, 15) is 22.0 Å². The molecule has 0 saturated heterocycles. The number of halogens is 5. The van der Waals surface area contributed by atoms with Crippen LogP contribution >= 0.6 is 0 Å². The second-order valence-corrected chi connectivity index (χ2v) is 5.84. The minimum absolute atomic E-state index is 0.103. The molecule has 29 heavy (non-hydrogen) atoms. The van der Waals surface area contributed by atoms with Crippen molar-refractivity contribution < 1.29 is 31.4 Å². The molecule has 0 saturated carbocycles. The molecule has 0 unspecified atom stereocenters. The normalized spacial score (nSPS) is 12.1. The van der Waals surface area contributed by atoms with Gasteiger partial charge in [-0.1, -0.05) is 18.2 Å². The summed E-state index contributed by atoms with van der Waals surface area (Å²) in [5.74, 6) is 0.393. The highest BCUT2D eigenvalue weighted by atomic mass is 19.4. The first kappa shape index (κ1) is 22.3. The second-order valence-electron chi connectivity index (χ2n) is 5.84. The Kier molecular flexibility index (Phi) is 7.63. The number of alkyl halides is 5. The number of guanidine groups is 1. The zero-order valence-electron chi connectivity index (χ0n) is 15.7. The van der Waals surface area contributed by atoms with Crippen LogP contribution in [0.5, 0.6) is 11.5 Å².